The summed E-state index contributed by atoms with van der Waals surface area (Å²) in [7, 11) is 0. The molecule has 0 aliphatic heterocycles. The van der Waals surface area contributed by atoms with Crippen molar-refractivity contribution in [2.75, 3.05) is 5.32 Å². The molecule has 1 aliphatic carbocycles. The zero-order valence-electron chi connectivity index (χ0n) is 11.4. The summed E-state index contributed by atoms with van der Waals surface area (Å²) in [5, 5.41) is 3.50. The number of thiazole rings is 1. The highest BCUT2D eigenvalue weighted by atomic mass is 35.5. The number of Topliss-reactive ketones (excluding diaryl/α,β-unsaturated/α-hetero) is 2. The quantitative estimate of drug-likeness (QED) is 0.917. The molecule has 0 atom stereocenters. The SMILES string of the molecule is Cc1ccc(NC2=C(Cl)C(=O)c3nc(C)sc3C2=O)cc1. The summed E-state index contributed by atoms with van der Waals surface area (Å²) >= 11 is 7.26. The Morgan fingerprint density at radius 2 is 1.76 bits per heavy atom. The number of nitrogens with zero attached hydrogens (tertiary/aromatic N) is 1. The predicted octanol–water partition coefficient (Wildman–Crippen LogP) is 3.70. The van der Waals surface area contributed by atoms with Gasteiger partial charge in [0.05, 0.1) is 5.01 Å². The number of carbonyl (C=O) groups excluding carboxylic acids is 2. The number of anilines is 1. The molecule has 0 radical (unpaired) electrons. The molecule has 6 heteroatoms. The predicted molar refractivity (Wildman–Crippen MR) is 83.2 cm³/mol. The van der Waals surface area contributed by atoms with E-state index in [0.29, 0.717) is 15.6 Å². The number of aryl methyl sites for hydroxylation is 2. The number of ketones is 2. The first-order valence-corrected chi connectivity index (χ1v) is 7.47. The molecule has 1 N–H and O–H groups in total. The summed E-state index contributed by atoms with van der Waals surface area (Å²) < 4.78 is 0. The van der Waals surface area contributed by atoms with Crippen LogP contribution in [0.15, 0.2) is 35.0 Å². The normalized spacial score (nSPS) is 14.4. The summed E-state index contributed by atoms with van der Waals surface area (Å²) in [5.74, 6) is -0.703. The summed E-state index contributed by atoms with van der Waals surface area (Å²) in [5.41, 5.74) is 2.08. The van der Waals surface area contributed by atoms with Crippen molar-refractivity contribution in [2.24, 2.45) is 0 Å². The van der Waals surface area contributed by atoms with Gasteiger partial charge in [-0.05, 0) is 26.0 Å². The van der Waals surface area contributed by atoms with Crippen molar-refractivity contribution in [3.63, 3.8) is 0 Å². The van der Waals surface area contributed by atoms with Crippen LogP contribution in [0.3, 0.4) is 0 Å². The molecule has 3 rings (SSSR count). The van der Waals surface area contributed by atoms with Gasteiger partial charge in [-0.15, -0.1) is 11.3 Å². The zero-order chi connectivity index (χ0) is 15.1. The Bertz CT molecular complexity index is 791. The Hall–Kier alpha value is -1.98. The molecular weight excluding hydrogens is 308 g/mol. The van der Waals surface area contributed by atoms with Crippen molar-refractivity contribution in [2.45, 2.75) is 13.8 Å². The van der Waals surface area contributed by atoms with E-state index in [4.69, 9.17) is 11.6 Å². The number of aromatic nitrogens is 1. The van der Waals surface area contributed by atoms with Gasteiger partial charge in [0.15, 0.2) is 0 Å². The molecule has 0 amide bonds. The van der Waals surface area contributed by atoms with Crippen LogP contribution in [0.5, 0.6) is 0 Å². The first kappa shape index (κ1) is 14.0. The van der Waals surface area contributed by atoms with Gasteiger partial charge < -0.3 is 5.32 Å². The summed E-state index contributed by atoms with van der Waals surface area (Å²) in [4.78, 5) is 29.1. The molecule has 1 aromatic heterocycles. The molecule has 1 heterocycles. The lowest BCUT2D eigenvalue weighted by molar-refractivity contribution is 0.0982. The highest BCUT2D eigenvalue weighted by molar-refractivity contribution is 7.14. The largest absolute Gasteiger partial charge is 0.351 e. The van der Waals surface area contributed by atoms with Crippen LogP contribution in [0.2, 0.25) is 0 Å². The molecule has 0 saturated carbocycles. The summed E-state index contributed by atoms with van der Waals surface area (Å²) in [6.45, 7) is 3.72. The standard InChI is InChI=1S/C15H11ClN2O2S/c1-7-3-5-9(6-4-7)18-11-10(16)13(19)12-15(14(11)20)21-8(2)17-12/h3-6,18H,1-2H3. The van der Waals surface area contributed by atoms with E-state index in [1.165, 1.54) is 11.3 Å². The van der Waals surface area contributed by atoms with E-state index in [-0.39, 0.29) is 22.2 Å². The van der Waals surface area contributed by atoms with Gasteiger partial charge in [-0.25, -0.2) is 4.98 Å². The van der Waals surface area contributed by atoms with Gasteiger partial charge in [-0.2, -0.15) is 0 Å². The Morgan fingerprint density at radius 1 is 1.10 bits per heavy atom. The number of nitrogens with one attached hydrogen (secondary N) is 1. The van der Waals surface area contributed by atoms with Crippen LogP contribution in [0.25, 0.3) is 0 Å². The van der Waals surface area contributed by atoms with Crippen molar-refractivity contribution in [3.05, 3.63) is 56.1 Å². The van der Waals surface area contributed by atoms with Crippen molar-refractivity contribution in [3.8, 4) is 0 Å². The van der Waals surface area contributed by atoms with Crippen LogP contribution >= 0.6 is 22.9 Å². The molecular formula is C15H11ClN2O2S. The maximum atomic E-state index is 12.5. The second kappa shape index (κ2) is 5.09. The lowest BCUT2D eigenvalue weighted by Crippen LogP contribution is -2.23. The molecule has 1 aromatic carbocycles. The molecule has 0 unspecified atom stereocenters. The molecule has 21 heavy (non-hydrogen) atoms. The Labute approximate surface area is 130 Å². The van der Waals surface area contributed by atoms with Gasteiger partial charge in [0, 0.05) is 5.69 Å². The van der Waals surface area contributed by atoms with Crippen LogP contribution in [0.4, 0.5) is 5.69 Å². The van der Waals surface area contributed by atoms with E-state index in [1.54, 1.807) is 6.92 Å². The number of carbonyl (C=O) groups is 2. The second-order valence-electron chi connectivity index (χ2n) is 4.75. The lowest BCUT2D eigenvalue weighted by atomic mass is 10.0. The smallest absolute Gasteiger partial charge is 0.226 e. The summed E-state index contributed by atoms with van der Waals surface area (Å²) in [6.07, 6.45) is 0. The van der Waals surface area contributed by atoms with Crippen LogP contribution in [-0.2, 0) is 0 Å². The molecule has 106 valence electrons. The Balaban J connectivity index is 2.01. The number of hydrogen-bond donors (Lipinski definition) is 1. The average Bonchev–Trinajstić information content (AvgIpc) is 2.85. The third-order valence-corrected chi connectivity index (χ3v) is 4.45. The Kier molecular flexibility index (Phi) is 3.39. The summed E-state index contributed by atoms with van der Waals surface area (Å²) in [6, 6.07) is 7.48. The maximum absolute atomic E-state index is 12.5. The third kappa shape index (κ3) is 2.39. The number of fused-ring (bicyclic) bond motifs is 1. The number of benzene rings is 1. The number of rotatable bonds is 2. The van der Waals surface area contributed by atoms with E-state index in [2.05, 4.69) is 10.3 Å². The highest BCUT2D eigenvalue weighted by Gasteiger charge is 2.34. The van der Waals surface area contributed by atoms with Crippen LogP contribution in [0, 0.1) is 13.8 Å². The second-order valence-corrected chi connectivity index (χ2v) is 6.33. The maximum Gasteiger partial charge on any atom is 0.226 e. The van der Waals surface area contributed by atoms with Gasteiger partial charge in [0.2, 0.25) is 11.6 Å². The minimum atomic E-state index is -0.412. The van der Waals surface area contributed by atoms with Gasteiger partial charge in [-0.1, -0.05) is 29.3 Å². The first-order valence-electron chi connectivity index (χ1n) is 6.27. The van der Waals surface area contributed by atoms with E-state index in [1.807, 2.05) is 31.2 Å². The molecule has 0 spiro atoms. The van der Waals surface area contributed by atoms with Crippen molar-refractivity contribution in [1.29, 1.82) is 0 Å². The number of allylic oxidation sites excluding steroid dienone is 2. The monoisotopic (exact) mass is 318 g/mol. The van der Waals surface area contributed by atoms with Crippen LogP contribution in [-0.4, -0.2) is 16.6 Å². The molecule has 4 nitrogen and oxygen atoms in total. The van der Waals surface area contributed by atoms with Crippen molar-refractivity contribution < 1.29 is 9.59 Å². The van der Waals surface area contributed by atoms with Gasteiger partial charge in [0.25, 0.3) is 0 Å². The van der Waals surface area contributed by atoms with E-state index in [9.17, 15) is 9.59 Å². The van der Waals surface area contributed by atoms with Crippen LogP contribution < -0.4 is 5.32 Å². The van der Waals surface area contributed by atoms with E-state index in [0.717, 1.165) is 5.56 Å². The van der Waals surface area contributed by atoms with Gasteiger partial charge >= 0.3 is 0 Å². The first-order chi connectivity index (χ1) is 9.97. The zero-order valence-corrected chi connectivity index (χ0v) is 12.9. The lowest BCUT2D eigenvalue weighted by Gasteiger charge is -2.15. The fourth-order valence-electron chi connectivity index (χ4n) is 2.06. The molecule has 1 aliphatic rings. The molecule has 2 aromatic rings. The minimum Gasteiger partial charge on any atom is -0.351 e. The fraction of sp³-hybridized carbons (Fsp3) is 0.133. The third-order valence-electron chi connectivity index (χ3n) is 3.12. The highest BCUT2D eigenvalue weighted by Crippen LogP contribution is 2.32. The Morgan fingerprint density at radius 3 is 2.43 bits per heavy atom. The van der Waals surface area contributed by atoms with E-state index >= 15 is 0 Å². The molecule has 0 saturated heterocycles. The van der Waals surface area contributed by atoms with Gasteiger partial charge in [-0.3, -0.25) is 9.59 Å². The van der Waals surface area contributed by atoms with E-state index < -0.39 is 5.78 Å². The van der Waals surface area contributed by atoms with Gasteiger partial charge in [0.1, 0.15) is 21.3 Å². The van der Waals surface area contributed by atoms with Crippen molar-refractivity contribution >= 4 is 40.2 Å². The molecule has 0 fully saturated rings. The minimum absolute atomic E-state index is 0.113. The van der Waals surface area contributed by atoms with Crippen LogP contribution in [0.1, 0.15) is 30.7 Å². The fourth-order valence-corrected chi connectivity index (χ4v) is 3.14. The number of halogens is 1. The average molecular weight is 319 g/mol. The van der Waals surface area contributed by atoms with Crippen molar-refractivity contribution in [1.82, 2.24) is 4.98 Å². The molecule has 0 bridgehead atoms. The topological polar surface area (TPSA) is 59.1 Å². The number of hydrogen-bond acceptors (Lipinski definition) is 5.